The van der Waals surface area contributed by atoms with Crippen LogP contribution >= 0.6 is 12.4 Å². The van der Waals surface area contributed by atoms with Gasteiger partial charge in [0.05, 0.1) is 6.42 Å². The van der Waals surface area contributed by atoms with Crippen molar-refractivity contribution < 1.29 is 9.90 Å². The number of halogens is 1. The molecular formula is C11H16ClNO2. The van der Waals surface area contributed by atoms with Gasteiger partial charge in [0.2, 0.25) is 0 Å². The van der Waals surface area contributed by atoms with Crippen LogP contribution in [-0.2, 0) is 4.79 Å². The fourth-order valence-electron chi connectivity index (χ4n) is 1.39. The molecule has 1 atom stereocenters. The van der Waals surface area contributed by atoms with Crippen LogP contribution in [0, 0.1) is 6.92 Å². The lowest BCUT2D eigenvalue weighted by Gasteiger charge is -2.12. The van der Waals surface area contributed by atoms with Crippen LogP contribution in [-0.4, -0.2) is 17.6 Å². The van der Waals surface area contributed by atoms with Crippen molar-refractivity contribution in [2.45, 2.75) is 19.3 Å². The van der Waals surface area contributed by atoms with E-state index in [9.17, 15) is 4.79 Å². The van der Waals surface area contributed by atoms with Gasteiger partial charge in [-0.3, -0.25) is 4.79 Å². The van der Waals surface area contributed by atoms with Gasteiger partial charge in [-0.15, -0.1) is 12.4 Å². The van der Waals surface area contributed by atoms with Gasteiger partial charge in [-0.05, 0) is 19.0 Å². The molecule has 0 aliphatic rings. The zero-order valence-electron chi connectivity index (χ0n) is 8.64. The van der Waals surface area contributed by atoms with E-state index >= 15 is 0 Å². The first-order chi connectivity index (χ1) is 6.63. The second-order valence-electron chi connectivity index (χ2n) is 3.44. The number of aliphatic carboxylic acids is 1. The van der Waals surface area contributed by atoms with Crippen molar-refractivity contribution in [1.29, 1.82) is 0 Å². The summed E-state index contributed by atoms with van der Waals surface area (Å²) >= 11 is 0. The van der Waals surface area contributed by atoms with Gasteiger partial charge < -0.3 is 10.8 Å². The lowest BCUT2D eigenvalue weighted by Crippen LogP contribution is -2.16. The van der Waals surface area contributed by atoms with Crippen LogP contribution in [0.4, 0.5) is 0 Å². The molecule has 0 saturated heterocycles. The van der Waals surface area contributed by atoms with Crippen molar-refractivity contribution in [3.8, 4) is 0 Å². The second-order valence-corrected chi connectivity index (χ2v) is 3.44. The Morgan fingerprint density at radius 1 is 1.40 bits per heavy atom. The minimum atomic E-state index is -0.805. The van der Waals surface area contributed by atoms with Crippen LogP contribution in [0.1, 0.15) is 23.5 Å². The molecule has 1 rings (SSSR count). The molecule has 84 valence electrons. The molecule has 0 heterocycles. The Balaban J connectivity index is 0.00000196. The third-order valence-electron chi connectivity index (χ3n) is 2.25. The number of nitrogens with two attached hydrogens (primary N) is 1. The van der Waals surface area contributed by atoms with E-state index in [0.29, 0.717) is 6.54 Å². The summed E-state index contributed by atoms with van der Waals surface area (Å²) in [6.07, 6.45) is 0.0968. The van der Waals surface area contributed by atoms with E-state index in [1.807, 2.05) is 31.2 Å². The summed E-state index contributed by atoms with van der Waals surface area (Å²) in [6, 6.07) is 7.82. The first kappa shape index (κ1) is 13.9. The van der Waals surface area contributed by atoms with Crippen molar-refractivity contribution in [2.75, 3.05) is 6.54 Å². The van der Waals surface area contributed by atoms with Gasteiger partial charge in [0, 0.05) is 5.92 Å². The Bertz CT molecular complexity index is 311. The second kappa shape index (κ2) is 6.43. The summed E-state index contributed by atoms with van der Waals surface area (Å²) in [5, 5.41) is 8.68. The molecule has 0 bridgehead atoms. The highest BCUT2D eigenvalue weighted by atomic mass is 35.5. The van der Waals surface area contributed by atoms with Gasteiger partial charge in [-0.2, -0.15) is 0 Å². The molecule has 0 unspecified atom stereocenters. The Labute approximate surface area is 95.7 Å². The van der Waals surface area contributed by atoms with Crippen LogP contribution < -0.4 is 5.73 Å². The summed E-state index contributed by atoms with van der Waals surface area (Å²) in [5.74, 6) is -0.880. The van der Waals surface area contributed by atoms with Crippen molar-refractivity contribution in [2.24, 2.45) is 5.73 Å². The highest BCUT2D eigenvalue weighted by Crippen LogP contribution is 2.18. The molecule has 0 saturated carbocycles. The number of benzene rings is 1. The summed E-state index contributed by atoms with van der Waals surface area (Å²) < 4.78 is 0. The number of hydrogen-bond acceptors (Lipinski definition) is 2. The summed E-state index contributed by atoms with van der Waals surface area (Å²) in [5.41, 5.74) is 7.69. The molecule has 0 radical (unpaired) electrons. The summed E-state index contributed by atoms with van der Waals surface area (Å²) in [6.45, 7) is 2.37. The van der Waals surface area contributed by atoms with E-state index in [2.05, 4.69) is 0 Å². The molecule has 3 N–H and O–H groups in total. The zero-order valence-corrected chi connectivity index (χ0v) is 9.46. The lowest BCUT2D eigenvalue weighted by molar-refractivity contribution is -0.137. The van der Waals surface area contributed by atoms with Gasteiger partial charge in [0.1, 0.15) is 0 Å². The Morgan fingerprint density at radius 3 is 2.33 bits per heavy atom. The summed E-state index contributed by atoms with van der Waals surface area (Å²) in [7, 11) is 0. The number of rotatable bonds is 4. The smallest absolute Gasteiger partial charge is 0.304 e. The van der Waals surface area contributed by atoms with E-state index < -0.39 is 5.97 Å². The van der Waals surface area contributed by atoms with Crippen LogP contribution in [0.15, 0.2) is 24.3 Å². The fourth-order valence-corrected chi connectivity index (χ4v) is 1.39. The predicted octanol–water partition coefficient (Wildman–Crippen LogP) is 1.93. The molecule has 1 aromatic carbocycles. The van der Waals surface area contributed by atoms with Gasteiger partial charge in [0.15, 0.2) is 0 Å². The topological polar surface area (TPSA) is 63.3 Å². The first-order valence-corrected chi connectivity index (χ1v) is 4.62. The number of carboxylic acids is 1. The van der Waals surface area contributed by atoms with Crippen LogP contribution in [0.25, 0.3) is 0 Å². The zero-order chi connectivity index (χ0) is 10.6. The molecule has 0 fully saturated rings. The number of hydrogen-bond donors (Lipinski definition) is 2. The van der Waals surface area contributed by atoms with Gasteiger partial charge in [0.25, 0.3) is 0 Å². The Hall–Kier alpha value is -1.06. The molecule has 0 spiro atoms. The van der Waals surface area contributed by atoms with Gasteiger partial charge in [-0.25, -0.2) is 0 Å². The maximum absolute atomic E-state index is 10.6. The minimum Gasteiger partial charge on any atom is -0.481 e. The SMILES string of the molecule is Cc1ccc([C@@H](CN)CC(=O)O)cc1.Cl. The van der Waals surface area contributed by atoms with Gasteiger partial charge in [-0.1, -0.05) is 29.8 Å². The Kier molecular flexibility index (Phi) is 5.97. The van der Waals surface area contributed by atoms with Crippen LogP contribution in [0.2, 0.25) is 0 Å². The van der Waals surface area contributed by atoms with Crippen molar-refractivity contribution >= 4 is 18.4 Å². The van der Waals surface area contributed by atoms with Crippen molar-refractivity contribution in [3.63, 3.8) is 0 Å². The molecule has 0 aliphatic heterocycles. The maximum atomic E-state index is 10.6. The standard InChI is InChI=1S/C11H15NO2.ClH/c1-8-2-4-9(5-3-8)10(7-12)6-11(13)14;/h2-5,10H,6-7,12H2,1H3,(H,13,14);1H/t10-;/m1./s1. The summed E-state index contributed by atoms with van der Waals surface area (Å²) in [4.78, 5) is 10.6. The van der Waals surface area contributed by atoms with E-state index in [1.54, 1.807) is 0 Å². The molecule has 4 heteroatoms. The largest absolute Gasteiger partial charge is 0.481 e. The number of carboxylic acid groups (broad SMARTS) is 1. The van der Waals surface area contributed by atoms with Crippen molar-refractivity contribution in [1.82, 2.24) is 0 Å². The molecule has 0 aliphatic carbocycles. The highest BCUT2D eigenvalue weighted by molar-refractivity contribution is 5.85. The maximum Gasteiger partial charge on any atom is 0.304 e. The monoisotopic (exact) mass is 229 g/mol. The average Bonchev–Trinajstić information content (AvgIpc) is 2.15. The molecule has 15 heavy (non-hydrogen) atoms. The Morgan fingerprint density at radius 2 is 1.93 bits per heavy atom. The predicted molar refractivity (Wildman–Crippen MR) is 62.5 cm³/mol. The normalized spacial score (nSPS) is 11.6. The van der Waals surface area contributed by atoms with Gasteiger partial charge >= 0.3 is 5.97 Å². The molecular weight excluding hydrogens is 214 g/mol. The van der Waals surface area contributed by atoms with E-state index in [0.717, 1.165) is 5.56 Å². The molecule has 0 aromatic heterocycles. The molecule has 0 amide bonds. The van der Waals surface area contributed by atoms with Crippen LogP contribution in [0.3, 0.4) is 0 Å². The molecule has 1 aromatic rings. The quantitative estimate of drug-likeness (QED) is 0.830. The fraction of sp³-hybridized carbons (Fsp3) is 0.364. The number of aryl methyl sites for hydroxylation is 1. The average molecular weight is 230 g/mol. The first-order valence-electron chi connectivity index (χ1n) is 4.62. The van der Waals surface area contributed by atoms with Crippen LogP contribution in [0.5, 0.6) is 0 Å². The van der Waals surface area contributed by atoms with E-state index in [1.165, 1.54) is 5.56 Å². The lowest BCUT2D eigenvalue weighted by atomic mass is 9.95. The third kappa shape index (κ3) is 4.32. The highest BCUT2D eigenvalue weighted by Gasteiger charge is 2.13. The third-order valence-corrected chi connectivity index (χ3v) is 2.25. The minimum absolute atomic E-state index is 0. The number of carbonyl (C=O) groups is 1. The van der Waals surface area contributed by atoms with E-state index in [4.69, 9.17) is 10.8 Å². The van der Waals surface area contributed by atoms with E-state index in [-0.39, 0.29) is 24.7 Å². The van der Waals surface area contributed by atoms with Crippen molar-refractivity contribution in [3.05, 3.63) is 35.4 Å². The molecule has 3 nitrogen and oxygen atoms in total.